The minimum atomic E-state index is -3.63. The Labute approximate surface area is 128 Å². The van der Waals surface area contributed by atoms with Crippen molar-refractivity contribution in [2.24, 2.45) is 0 Å². The zero-order valence-electron chi connectivity index (χ0n) is 12.4. The van der Waals surface area contributed by atoms with Gasteiger partial charge in [0.15, 0.2) is 15.8 Å². The van der Waals surface area contributed by atoms with E-state index in [-0.39, 0.29) is 5.03 Å². The summed E-state index contributed by atoms with van der Waals surface area (Å²) in [7, 11) is -1.96. The first kappa shape index (κ1) is 16.2. The molecule has 0 unspecified atom stereocenters. The lowest BCUT2D eigenvalue weighted by Gasteiger charge is -2.20. The fourth-order valence-corrected chi connectivity index (χ4v) is 4.51. The van der Waals surface area contributed by atoms with Crippen LogP contribution in [0.4, 0.5) is 5.82 Å². The molecule has 0 fully saturated rings. The molecule has 0 atom stereocenters. The predicted octanol–water partition coefficient (Wildman–Crippen LogP) is 1.48. The smallest absolute Gasteiger partial charge is 0.262 e. The Balaban J connectivity index is 2.41. The van der Waals surface area contributed by atoms with Crippen LogP contribution in [0.1, 0.15) is 13.8 Å². The average Bonchev–Trinajstić information content (AvgIpc) is 3.02. The van der Waals surface area contributed by atoms with E-state index in [1.54, 1.807) is 17.6 Å². The van der Waals surface area contributed by atoms with Crippen molar-refractivity contribution in [2.45, 2.75) is 18.9 Å². The van der Waals surface area contributed by atoms with Gasteiger partial charge in [-0.1, -0.05) is 6.92 Å². The molecule has 0 amide bonds. The van der Waals surface area contributed by atoms with E-state index >= 15 is 0 Å². The number of nitrogens with zero attached hydrogens (tertiary/aromatic N) is 3. The Bertz CT molecular complexity index is 692. The summed E-state index contributed by atoms with van der Waals surface area (Å²) in [4.78, 5) is 4.96. The van der Waals surface area contributed by atoms with Gasteiger partial charge in [-0.25, -0.2) is 13.4 Å². The van der Waals surface area contributed by atoms with Gasteiger partial charge in [-0.05, 0) is 6.92 Å². The second-order valence-electron chi connectivity index (χ2n) is 4.26. The van der Waals surface area contributed by atoms with Crippen LogP contribution in [0.5, 0.6) is 0 Å². The van der Waals surface area contributed by atoms with E-state index < -0.39 is 10.0 Å². The van der Waals surface area contributed by atoms with Gasteiger partial charge in [-0.15, -0.1) is 11.3 Å². The van der Waals surface area contributed by atoms with Crippen molar-refractivity contribution >= 4 is 32.1 Å². The molecule has 2 rings (SSSR count). The van der Waals surface area contributed by atoms with Crippen molar-refractivity contribution in [3.8, 4) is 0 Å². The number of rotatable bonds is 8. The Morgan fingerprint density at radius 3 is 2.86 bits per heavy atom. The van der Waals surface area contributed by atoms with Crippen LogP contribution in [0.25, 0.3) is 4.96 Å². The van der Waals surface area contributed by atoms with Gasteiger partial charge in [0, 0.05) is 38.3 Å². The summed E-state index contributed by atoms with van der Waals surface area (Å²) in [5.74, 6) is 0.372. The Morgan fingerprint density at radius 2 is 2.24 bits per heavy atom. The molecule has 0 saturated heterocycles. The molecule has 0 saturated carbocycles. The zero-order chi connectivity index (χ0) is 15.5. The highest BCUT2D eigenvalue weighted by molar-refractivity contribution is 7.89. The topological polar surface area (TPSA) is 75.9 Å². The maximum absolute atomic E-state index is 12.9. The van der Waals surface area contributed by atoms with Crippen molar-refractivity contribution in [1.29, 1.82) is 0 Å². The number of imidazole rings is 1. The van der Waals surface area contributed by atoms with Crippen LogP contribution in [-0.4, -0.2) is 55.5 Å². The van der Waals surface area contributed by atoms with Crippen LogP contribution >= 0.6 is 11.3 Å². The molecule has 2 aromatic rings. The molecule has 9 heteroatoms. The fourth-order valence-electron chi connectivity index (χ4n) is 2.06. The lowest BCUT2D eigenvalue weighted by atomic mass is 10.6. The van der Waals surface area contributed by atoms with Gasteiger partial charge in [0.1, 0.15) is 0 Å². The van der Waals surface area contributed by atoms with Gasteiger partial charge in [0.05, 0.1) is 6.61 Å². The highest BCUT2D eigenvalue weighted by atomic mass is 32.2. The zero-order valence-corrected chi connectivity index (χ0v) is 14.0. The number of ether oxygens (including phenoxy) is 1. The number of sulfonamides is 1. The molecular weight excluding hydrogens is 312 g/mol. The molecule has 0 aliphatic heterocycles. The van der Waals surface area contributed by atoms with Crippen LogP contribution in [-0.2, 0) is 14.8 Å². The Morgan fingerprint density at radius 1 is 1.48 bits per heavy atom. The van der Waals surface area contributed by atoms with E-state index in [1.807, 2.05) is 19.2 Å². The maximum atomic E-state index is 12.9. The van der Waals surface area contributed by atoms with Crippen molar-refractivity contribution in [3.63, 3.8) is 0 Å². The number of hydrogen-bond acceptors (Lipinski definition) is 6. The first-order valence-electron chi connectivity index (χ1n) is 6.77. The number of nitrogens with one attached hydrogen (secondary N) is 1. The summed E-state index contributed by atoms with van der Waals surface area (Å²) in [6.45, 7) is 5.36. The second-order valence-corrected chi connectivity index (χ2v) is 6.99. The van der Waals surface area contributed by atoms with Crippen molar-refractivity contribution in [3.05, 3.63) is 11.6 Å². The van der Waals surface area contributed by atoms with E-state index in [2.05, 4.69) is 10.3 Å². The number of aromatic nitrogens is 2. The van der Waals surface area contributed by atoms with Crippen molar-refractivity contribution in [1.82, 2.24) is 13.7 Å². The van der Waals surface area contributed by atoms with Crippen LogP contribution < -0.4 is 5.32 Å². The largest absolute Gasteiger partial charge is 0.380 e. The first-order valence-corrected chi connectivity index (χ1v) is 9.09. The van der Waals surface area contributed by atoms with Crippen molar-refractivity contribution < 1.29 is 13.2 Å². The number of thiazole rings is 1. The monoisotopic (exact) mass is 332 g/mol. The fraction of sp³-hybridized carbons (Fsp3) is 0.583. The molecule has 2 heterocycles. The summed E-state index contributed by atoms with van der Waals surface area (Å²) in [5.41, 5.74) is 0. The normalized spacial score (nSPS) is 12.4. The van der Waals surface area contributed by atoms with E-state index in [0.717, 1.165) is 0 Å². The highest BCUT2D eigenvalue weighted by Gasteiger charge is 2.30. The third-order valence-electron chi connectivity index (χ3n) is 3.08. The molecule has 0 aliphatic carbocycles. The van der Waals surface area contributed by atoms with Crippen LogP contribution in [0.2, 0.25) is 0 Å². The summed E-state index contributed by atoms with van der Waals surface area (Å²) in [6, 6.07) is 0. The minimum Gasteiger partial charge on any atom is -0.380 e. The highest BCUT2D eigenvalue weighted by Crippen LogP contribution is 2.27. The molecule has 2 aromatic heterocycles. The standard InChI is InChI=1S/C12H20N4O3S2/c1-4-15(6-8-19-5-2)21(17,18)11-10(13-3)14-12-16(11)7-9-20-12/h7,9,13H,4-6,8H2,1-3H3. The average molecular weight is 332 g/mol. The number of hydrogen-bond donors (Lipinski definition) is 1. The minimum absolute atomic E-state index is 0.180. The molecular formula is C12H20N4O3S2. The number of anilines is 1. The number of likely N-dealkylation sites (N-methyl/N-ethyl adjacent to an activating group) is 1. The molecule has 0 radical (unpaired) electrons. The summed E-state index contributed by atoms with van der Waals surface area (Å²) < 4.78 is 34.0. The first-order chi connectivity index (χ1) is 10.1. The van der Waals surface area contributed by atoms with Crippen LogP contribution in [0.15, 0.2) is 16.6 Å². The molecule has 0 spiro atoms. The van der Waals surface area contributed by atoms with E-state index in [1.165, 1.54) is 15.6 Å². The van der Waals surface area contributed by atoms with Gasteiger partial charge in [0.25, 0.3) is 10.0 Å². The molecule has 7 nitrogen and oxygen atoms in total. The number of fused-ring (bicyclic) bond motifs is 1. The molecule has 21 heavy (non-hydrogen) atoms. The second kappa shape index (κ2) is 6.73. The molecule has 1 N–H and O–H groups in total. The van der Waals surface area contributed by atoms with Crippen LogP contribution in [0, 0.1) is 0 Å². The third kappa shape index (κ3) is 3.05. The van der Waals surface area contributed by atoms with E-state index in [9.17, 15) is 8.42 Å². The summed E-state index contributed by atoms with van der Waals surface area (Å²) in [5, 5.41) is 4.86. The third-order valence-corrected chi connectivity index (χ3v) is 5.84. The van der Waals surface area contributed by atoms with Gasteiger partial charge >= 0.3 is 0 Å². The SMILES string of the molecule is CCOCCN(CC)S(=O)(=O)c1c(NC)nc2sccn12. The van der Waals surface area contributed by atoms with Gasteiger partial charge < -0.3 is 10.1 Å². The summed E-state index contributed by atoms with van der Waals surface area (Å²) in [6.07, 6.45) is 1.72. The Kier molecular flexibility index (Phi) is 5.20. The van der Waals surface area contributed by atoms with E-state index in [0.29, 0.717) is 37.1 Å². The molecule has 0 bridgehead atoms. The van der Waals surface area contributed by atoms with E-state index in [4.69, 9.17) is 4.74 Å². The lowest BCUT2D eigenvalue weighted by Crippen LogP contribution is -2.34. The van der Waals surface area contributed by atoms with Crippen LogP contribution in [0.3, 0.4) is 0 Å². The lowest BCUT2D eigenvalue weighted by molar-refractivity contribution is 0.135. The molecule has 118 valence electrons. The maximum Gasteiger partial charge on any atom is 0.262 e. The van der Waals surface area contributed by atoms with Gasteiger partial charge in [-0.2, -0.15) is 4.31 Å². The van der Waals surface area contributed by atoms with Gasteiger partial charge in [0.2, 0.25) is 0 Å². The summed E-state index contributed by atoms with van der Waals surface area (Å²) >= 11 is 1.40. The van der Waals surface area contributed by atoms with Gasteiger partial charge in [-0.3, -0.25) is 4.40 Å². The molecule has 0 aliphatic rings. The quantitative estimate of drug-likeness (QED) is 0.741. The Hall–Kier alpha value is -1.16. The van der Waals surface area contributed by atoms with Crippen molar-refractivity contribution in [2.75, 3.05) is 38.7 Å². The molecule has 0 aromatic carbocycles. The predicted molar refractivity (Wildman–Crippen MR) is 83.5 cm³/mol.